The maximum absolute atomic E-state index is 2.57. The van der Waals surface area contributed by atoms with Crippen molar-refractivity contribution in [1.29, 1.82) is 0 Å². The summed E-state index contributed by atoms with van der Waals surface area (Å²) in [6.07, 6.45) is 9.51. The van der Waals surface area contributed by atoms with Crippen LogP contribution in [0, 0.1) is 5.41 Å². The maximum Gasteiger partial charge on any atom is 0.0775 e. The second kappa shape index (κ2) is 11.1. The van der Waals surface area contributed by atoms with Crippen molar-refractivity contribution in [3.63, 3.8) is 0 Å². The fourth-order valence-electron chi connectivity index (χ4n) is 7.52. The summed E-state index contributed by atoms with van der Waals surface area (Å²) in [5, 5.41) is 3.05. The van der Waals surface area contributed by atoms with Gasteiger partial charge in [-0.15, -0.1) is 0 Å². The molecule has 0 bridgehead atoms. The van der Waals surface area contributed by atoms with Crippen LogP contribution in [0.15, 0.2) is 96.1 Å². The number of benzene rings is 4. The zero-order valence-electron chi connectivity index (χ0n) is 27.6. The second-order valence-electron chi connectivity index (χ2n) is 14.9. The summed E-state index contributed by atoms with van der Waals surface area (Å²) >= 11 is 0. The van der Waals surface area contributed by atoms with Crippen molar-refractivity contribution < 1.29 is 0 Å². The monoisotopic (exact) mass is 596 g/mol. The van der Waals surface area contributed by atoms with Gasteiger partial charge in [-0.1, -0.05) is 172 Å². The first-order chi connectivity index (χ1) is 20.4. The Kier molecular flexibility index (Phi) is 7.67. The van der Waals surface area contributed by atoms with Crippen molar-refractivity contribution in [3.8, 4) is 22.3 Å². The number of hydrogen-bond donors (Lipinski definition) is 0. The lowest BCUT2D eigenvalue weighted by molar-refractivity contribution is 0.390. The Bertz CT molecular complexity index is 1590. The zero-order chi connectivity index (χ0) is 30.6. The lowest BCUT2D eigenvalue weighted by Gasteiger charge is -2.35. The molecule has 0 unspecified atom stereocenters. The summed E-state index contributed by atoms with van der Waals surface area (Å²) in [6, 6.07) is 32.8. The van der Waals surface area contributed by atoms with Crippen molar-refractivity contribution in [2.45, 2.75) is 78.8 Å². The first kappa shape index (κ1) is 29.8. The molecule has 0 saturated heterocycles. The Labute approximate surface area is 262 Å². The Balaban J connectivity index is 1.37. The van der Waals surface area contributed by atoms with Crippen LogP contribution >= 0.6 is 0 Å². The third-order valence-electron chi connectivity index (χ3n) is 10.4. The molecule has 0 spiro atoms. The molecule has 4 aromatic carbocycles. The molecular formula is C41H48Si2. The standard InChI is InChI=1S/C41H48Si2/c1-9-41(10-2,33-25-31-13-11-15-37(39(31)27-33)29-17-21-35(22-18-29)42(3,4)5)34-26-32-14-12-16-38(40(32)28-34)30-19-23-36(24-20-30)43(6,7)8/h11-24,27-28H,9-10,25-26H2,1-8H3. The quantitative estimate of drug-likeness (QED) is 0.178. The fourth-order valence-corrected chi connectivity index (χ4v) is 9.85. The van der Waals surface area contributed by atoms with E-state index in [2.05, 4.69) is 150 Å². The second-order valence-corrected chi connectivity index (χ2v) is 25.0. The van der Waals surface area contributed by atoms with E-state index in [9.17, 15) is 0 Å². The number of rotatable bonds is 8. The first-order valence-electron chi connectivity index (χ1n) is 16.3. The molecule has 0 atom stereocenters. The van der Waals surface area contributed by atoms with E-state index >= 15 is 0 Å². The molecule has 4 aromatic rings. The van der Waals surface area contributed by atoms with Crippen molar-refractivity contribution in [2.75, 3.05) is 0 Å². The highest BCUT2D eigenvalue weighted by Gasteiger charge is 2.39. The predicted molar refractivity (Wildman–Crippen MR) is 196 cm³/mol. The van der Waals surface area contributed by atoms with Gasteiger partial charge in [0.15, 0.2) is 0 Å². The highest BCUT2D eigenvalue weighted by atomic mass is 28.3. The third-order valence-corrected chi connectivity index (χ3v) is 14.5. The van der Waals surface area contributed by atoms with Crippen LogP contribution in [-0.4, -0.2) is 16.1 Å². The van der Waals surface area contributed by atoms with Crippen LogP contribution < -0.4 is 10.4 Å². The average molecular weight is 597 g/mol. The minimum atomic E-state index is -1.32. The smallest absolute Gasteiger partial charge is 0.0656 e. The van der Waals surface area contributed by atoms with Gasteiger partial charge >= 0.3 is 0 Å². The molecule has 43 heavy (non-hydrogen) atoms. The molecular weight excluding hydrogens is 549 g/mol. The Morgan fingerprint density at radius 1 is 0.512 bits per heavy atom. The van der Waals surface area contributed by atoms with E-state index in [4.69, 9.17) is 0 Å². The molecule has 0 radical (unpaired) electrons. The molecule has 0 aliphatic heterocycles. The summed E-state index contributed by atoms with van der Waals surface area (Å²) in [6.45, 7) is 19.4. The predicted octanol–water partition coefficient (Wildman–Crippen LogP) is 10.5. The normalized spacial score (nSPS) is 14.8. The SMILES string of the molecule is CCC(CC)(C1=Cc2c(cccc2-c2ccc([Si](C)(C)C)cc2)C1)C1=Cc2c(cccc2-c2ccc([Si](C)(C)C)cc2)C1. The molecule has 0 heterocycles. The molecule has 0 fully saturated rings. The first-order valence-corrected chi connectivity index (χ1v) is 23.3. The molecule has 0 aromatic heterocycles. The Morgan fingerprint density at radius 3 is 1.21 bits per heavy atom. The van der Waals surface area contributed by atoms with E-state index in [1.54, 1.807) is 11.1 Å². The van der Waals surface area contributed by atoms with E-state index in [-0.39, 0.29) is 5.41 Å². The van der Waals surface area contributed by atoms with E-state index in [1.807, 2.05) is 0 Å². The maximum atomic E-state index is 2.57. The summed E-state index contributed by atoms with van der Waals surface area (Å²) in [7, 11) is -2.64. The van der Waals surface area contributed by atoms with Crippen molar-refractivity contribution in [1.82, 2.24) is 0 Å². The summed E-state index contributed by atoms with van der Waals surface area (Å²) in [5.41, 5.74) is 14.5. The lowest BCUT2D eigenvalue weighted by atomic mass is 9.68. The number of hydrogen-bond acceptors (Lipinski definition) is 0. The van der Waals surface area contributed by atoms with Gasteiger partial charge in [0.2, 0.25) is 0 Å². The van der Waals surface area contributed by atoms with Crippen LogP contribution in [0.3, 0.4) is 0 Å². The van der Waals surface area contributed by atoms with Crippen molar-refractivity contribution in [3.05, 3.63) is 118 Å². The molecule has 0 N–H and O–H groups in total. The number of fused-ring (bicyclic) bond motifs is 2. The summed E-state index contributed by atoms with van der Waals surface area (Å²) in [4.78, 5) is 0. The molecule has 0 amide bonds. The van der Waals surface area contributed by atoms with E-state index in [0.717, 1.165) is 25.7 Å². The van der Waals surface area contributed by atoms with Crippen LogP contribution in [0.25, 0.3) is 34.4 Å². The van der Waals surface area contributed by atoms with Gasteiger partial charge in [0, 0.05) is 5.41 Å². The van der Waals surface area contributed by atoms with Gasteiger partial charge in [-0.05, 0) is 70.2 Å². The van der Waals surface area contributed by atoms with Crippen LogP contribution in [0.4, 0.5) is 0 Å². The summed E-state index contributed by atoms with van der Waals surface area (Å²) < 4.78 is 0. The molecule has 0 nitrogen and oxygen atoms in total. The topological polar surface area (TPSA) is 0 Å². The third kappa shape index (κ3) is 5.38. The van der Waals surface area contributed by atoms with Crippen molar-refractivity contribution in [2.24, 2.45) is 5.41 Å². The zero-order valence-corrected chi connectivity index (χ0v) is 29.6. The van der Waals surface area contributed by atoms with Crippen LogP contribution in [0.2, 0.25) is 39.3 Å². The van der Waals surface area contributed by atoms with E-state index in [1.165, 1.54) is 54.9 Å². The highest BCUT2D eigenvalue weighted by molar-refractivity contribution is 6.89. The fraction of sp³-hybridized carbons (Fsp3) is 0.317. The van der Waals surface area contributed by atoms with Crippen LogP contribution in [-0.2, 0) is 12.8 Å². The van der Waals surface area contributed by atoms with E-state index < -0.39 is 16.1 Å². The van der Waals surface area contributed by atoms with Gasteiger partial charge < -0.3 is 0 Å². The summed E-state index contributed by atoms with van der Waals surface area (Å²) in [5.74, 6) is 0. The molecule has 220 valence electrons. The average Bonchev–Trinajstić information content (AvgIpc) is 3.63. The van der Waals surface area contributed by atoms with Gasteiger partial charge in [0.1, 0.15) is 0 Å². The van der Waals surface area contributed by atoms with Gasteiger partial charge in [-0.2, -0.15) is 0 Å². The Hall–Kier alpha value is -3.21. The molecule has 6 rings (SSSR count). The van der Waals surface area contributed by atoms with Crippen LogP contribution in [0.5, 0.6) is 0 Å². The van der Waals surface area contributed by atoms with Gasteiger partial charge in [0.05, 0.1) is 16.1 Å². The molecule has 2 heteroatoms. The molecule has 0 saturated carbocycles. The lowest BCUT2D eigenvalue weighted by Crippen LogP contribution is -2.37. The van der Waals surface area contributed by atoms with Crippen molar-refractivity contribution >= 4 is 38.7 Å². The highest BCUT2D eigenvalue weighted by Crippen LogP contribution is 2.52. The molecule has 2 aliphatic rings. The molecule has 2 aliphatic carbocycles. The van der Waals surface area contributed by atoms with Gasteiger partial charge in [-0.25, -0.2) is 0 Å². The minimum absolute atomic E-state index is 0.0793. The largest absolute Gasteiger partial charge is 0.0775 e. The van der Waals surface area contributed by atoms with Crippen LogP contribution in [0.1, 0.15) is 48.9 Å². The minimum Gasteiger partial charge on any atom is -0.0656 e. The number of allylic oxidation sites excluding steroid dienone is 2. The van der Waals surface area contributed by atoms with Gasteiger partial charge in [-0.3, -0.25) is 0 Å². The van der Waals surface area contributed by atoms with E-state index in [0.29, 0.717) is 0 Å². The Morgan fingerprint density at radius 2 is 0.884 bits per heavy atom. The van der Waals surface area contributed by atoms with Gasteiger partial charge in [0.25, 0.3) is 0 Å².